The van der Waals surface area contributed by atoms with E-state index in [9.17, 15) is 0 Å². The van der Waals surface area contributed by atoms with Gasteiger partial charge < -0.3 is 23.3 Å². The molecule has 0 bridgehead atoms. The second-order valence-electron chi connectivity index (χ2n) is 5.91. The molecule has 0 atom stereocenters. The highest BCUT2D eigenvalue weighted by Crippen LogP contribution is 2.44. The summed E-state index contributed by atoms with van der Waals surface area (Å²) in [5.74, 6) is 1.91. The van der Waals surface area contributed by atoms with E-state index in [1.807, 2.05) is 19.3 Å². The zero-order chi connectivity index (χ0) is 17.6. The van der Waals surface area contributed by atoms with Crippen molar-refractivity contribution in [2.75, 3.05) is 21.3 Å². The molecule has 0 aliphatic carbocycles. The number of aromatic nitrogens is 2. The molecule has 5 heteroatoms. The third kappa shape index (κ3) is 2.16. The van der Waals surface area contributed by atoms with Crippen molar-refractivity contribution in [2.24, 2.45) is 7.05 Å². The summed E-state index contributed by atoms with van der Waals surface area (Å²) in [6.45, 7) is 0. The first-order chi connectivity index (χ1) is 12.2. The third-order valence-corrected chi connectivity index (χ3v) is 4.64. The summed E-state index contributed by atoms with van der Waals surface area (Å²) in [6.07, 6.45) is 4.12. The maximum Gasteiger partial charge on any atom is 0.205 e. The van der Waals surface area contributed by atoms with Crippen LogP contribution in [-0.4, -0.2) is 30.5 Å². The van der Waals surface area contributed by atoms with Gasteiger partial charge in [0.2, 0.25) is 5.75 Å². The van der Waals surface area contributed by atoms with Gasteiger partial charge in [-0.25, -0.2) is 0 Å². The van der Waals surface area contributed by atoms with E-state index in [-0.39, 0.29) is 0 Å². The minimum Gasteiger partial charge on any atom is -0.493 e. The lowest BCUT2D eigenvalue weighted by molar-refractivity contribution is 0.326. The van der Waals surface area contributed by atoms with Crippen LogP contribution in [0.15, 0.2) is 48.8 Å². The highest BCUT2D eigenvalue weighted by molar-refractivity contribution is 5.96. The van der Waals surface area contributed by atoms with Gasteiger partial charge in [-0.15, -0.1) is 0 Å². The van der Waals surface area contributed by atoms with Crippen LogP contribution in [-0.2, 0) is 7.05 Å². The first-order valence-corrected chi connectivity index (χ1v) is 8.04. The quantitative estimate of drug-likeness (QED) is 0.562. The normalized spacial score (nSPS) is 11.2. The van der Waals surface area contributed by atoms with E-state index in [1.165, 1.54) is 10.9 Å². The molecule has 128 valence electrons. The van der Waals surface area contributed by atoms with Crippen molar-refractivity contribution in [1.29, 1.82) is 0 Å². The van der Waals surface area contributed by atoms with Gasteiger partial charge in [0.05, 0.1) is 32.5 Å². The van der Waals surface area contributed by atoms with Gasteiger partial charge in [0.1, 0.15) is 0 Å². The number of ether oxygens (including phenoxy) is 3. The Balaban J connectivity index is 2.09. The molecule has 2 heterocycles. The largest absolute Gasteiger partial charge is 0.493 e. The molecule has 0 radical (unpaired) electrons. The average molecular weight is 336 g/mol. The predicted octanol–water partition coefficient (Wildman–Crippen LogP) is 4.15. The molecule has 0 saturated carbocycles. The molecule has 0 aliphatic rings. The minimum atomic E-state index is 0.595. The maximum atomic E-state index is 5.70. The minimum absolute atomic E-state index is 0.595. The molecule has 2 aromatic carbocycles. The van der Waals surface area contributed by atoms with E-state index in [4.69, 9.17) is 14.2 Å². The van der Waals surface area contributed by atoms with Crippen LogP contribution in [0.2, 0.25) is 0 Å². The van der Waals surface area contributed by atoms with Gasteiger partial charge in [-0.05, 0) is 30.3 Å². The second kappa shape index (κ2) is 5.77. The van der Waals surface area contributed by atoms with Gasteiger partial charge >= 0.3 is 0 Å². The van der Waals surface area contributed by atoms with Crippen molar-refractivity contribution in [3.8, 4) is 22.9 Å². The van der Waals surface area contributed by atoms with E-state index in [0.717, 1.165) is 16.6 Å². The van der Waals surface area contributed by atoms with Gasteiger partial charge in [-0.2, -0.15) is 0 Å². The van der Waals surface area contributed by atoms with E-state index in [2.05, 4.69) is 45.7 Å². The van der Waals surface area contributed by atoms with Crippen LogP contribution >= 0.6 is 0 Å². The number of hydrogen-bond donors (Lipinski definition) is 0. The Bertz CT molecular complexity index is 1080. The molecule has 2 aromatic heterocycles. The Kier molecular flexibility index (Phi) is 3.57. The summed E-state index contributed by atoms with van der Waals surface area (Å²) < 4.78 is 21.0. The van der Waals surface area contributed by atoms with Crippen LogP contribution in [0.5, 0.6) is 17.2 Å². The molecule has 0 spiro atoms. The van der Waals surface area contributed by atoms with Crippen LogP contribution in [0.4, 0.5) is 0 Å². The Morgan fingerprint density at radius 1 is 0.840 bits per heavy atom. The fourth-order valence-corrected chi connectivity index (χ4v) is 3.46. The maximum absolute atomic E-state index is 5.70. The molecule has 0 amide bonds. The van der Waals surface area contributed by atoms with E-state index in [0.29, 0.717) is 17.2 Å². The SMILES string of the molecule is COc1cc2ccn(-c3cccc4c3ccn4C)c2c(OC)c1OC. The predicted molar refractivity (Wildman–Crippen MR) is 99.4 cm³/mol. The molecule has 0 unspecified atom stereocenters. The molecule has 5 nitrogen and oxygen atoms in total. The first-order valence-electron chi connectivity index (χ1n) is 8.04. The Morgan fingerprint density at radius 3 is 2.36 bits per heavy atom. The van der Waals surface area contributed by atoms with Gasteiger partial charge in [-0.3, -0.25) is 0 Å². The van der Waals surface area contributed by atoms with Crippen LogP contribution in [0.3, 0.4) is 0 Å². The smallest absolute Gasteiger partial charge is 0.205 e. The van der Waals surface area contributed by atoms with Gasteiger partial charge in [0, 0.05) is 35.7 Å². The average Bonchev–Trinajstić information content (AvgIpc) is 3.23. The highest BCUT2D eigenvalue weighted by atomic mass is 16.5. The van der Waals surface area contributed by atoms with Crippen molar-refractivity contribution in [3.05, 3.63) is 48.8 Å². The summed E-state index contributed by atoms with van der Waals surface area (Å²) in [5, 5.41) is 2.21. The second-order valence-corrected chi connectivity index (χ2v) is 5.91. The fourth-order valence-electron chi connectivity index (χ4n) is 3.46. The molecule has 0 aliphatic heterocycles. The van der Waals surface area contributed by atoms with Crippen molar-refractivity contribution >= 4 is 21.8 Å². The standard InChI is InChI=1S/C20H20N2O3/c1-21-10-9-14-15(21)6-5-7-16(14)22-11-8-13-12-17(23-2)19(24-3)20(25-4)18(13)22/h5-12H,1-4H3. The van der Waals surface area contributed by atoms with Crippen LogP contribution in [0.1, 0.15) is 0 Å². The number of methoxy groups -OCH3 is 3. The molecular formula is C20H20N2O3. The summed E-state index contributed by atoms with van der Waals surface area (Å²) in [4.78, 5) is 0. The monoisotopic (exact) mass is 336 g/mol. The van der Waals surface area contributed by atoms with Gasteiger partial charge in [0.25, 0.3) is 0 Å². The van der Waals surface area contributed by atoms with Crippen LogP contribution < -0.4 is 14.2 Å². The van der Waals surface area contributed by atoms with Crippen molar-refractivity contribution < 1.29 is 14.2 Å². The first kappa shape index (κ1) is 15.4. The van der Waals surface area contributed by atoms with Crippen molar-refractivity contribution in [1.82, 2.24) is 9.13 Å². The number of hydrogen-bond acceptors (Lipinski definition) is 3. The zero-order valence-electron chi connectivity index (χ0n) is 14.7. The number of nitrogens with zero attached hydrogens (tertiary/aromatic N) is 2. The topological polar surface area (TPSA) is 37.5 Å². The summed E-state index contributed by atoms with van der Waals surface area (Å²) in [6, 6.07) is 12.4. The van der Waals surface area contributed by atoms with E-state index >= 15 is 0 Å². The Labute approximate surface area is 145 Å². The van der Waals surface area contributed by atoms with Crippen LogP contribution in [0, 0.1) is 0 Å². The summed E-state index contributed by atoms with van der Waals surface area (Å²) in [7, 11) is 6.95. The van der Waals surface area contributed by atoms with Gasteiger partial charge in [-0.1, -0.05) is 6.07 Å². The number of benzene rings is 2. The molecule has 0 fully saturated rings. The Hall–Kier alpha value is -3.08. The van der Waals surface area contributed by atoms with E-state index in [1.54, 1.807) is 21.3 Å². The third-order valence-electron chi connectivity index (χ3n) is 4.64. The Morgan fingerprint density at radius 2 is 1.64 bits per heavy atom. The van der Waals surface area contributed by atoms with Crippen molar-refractivity contribution in [3.63, 3.8) is 0 Å². The molecule has 0 N–H and O–H groups in total. The molecular weight excluding hydrogens is 316 g/mol. The van der Waals surface area contributed by atoms with Crippen LogP contribution in [0.25, 0.3) is 27.5 Å². The van der Waals surface area contributed by atoms with Crippen molar-refractivity contribution in [2.45, 2.75) is 0 Å². The summed E-state index contributed by atoms with van der Waals surface area (Å²) in [5.41, 5.74) is 3.23. The lowest BCUT2D eigenvalue weighted by Gasteiger charge is -2.16. The fraction of sp³-hybridized carbons (Fsp3) is 0.200. The number of fused-ring (bicyclic) bond motifs is 2. The number of rotatable bonds is 4. The molecule has 4 rings (SSSR count). The summed E-state index contributed by atoms with van der Waals surface area (Å²) >= 11 is 0. The molecule has 4 aromatic rings. The highest BCUT2D eigenvalue weighted by Gasteiger charge is 2.20. The van der Waals surface area contributed by atoms with Gasteiger partial charge in [0.15, 0.2) is 11.5 Å². The lowest BCUT2D eigenvalue weighted by atomic mass is 10.2. The molecule has 0 saturated heterocycles. The zero-order valence-corrected chi connectivity index (χ0v) is 14.7. The van der Waals surface area contributed by atoms with E-state index < -0.39 is 0 Å². The number of aryl methyl sites for hydroxylation is 1. The molecule has 25 heavy (non-hydrogen) atoms. The lowest BCUT2D eigenvalue weighted by Crippen LogP contribution is -1.99.